The minimum atomic E-state index is -0.327. The number of rotatable bonds is 8. The zero-order valence-corrected chi connectivity index (χ0v) is 17.1. The van der Waals surface area contributed by atoms with Gasteiger partial charge in [-0.2, -0.15) is 0 Å². The minimum absolute atomic E-state index is 0.277. The molecule has 1 amide bonds. The Hall–Kier alpha value is -1.87. The van der Waals surface area contributed by atoms with Gasteiger partial charge in [0.25, 0.3) is 0 Å². The lowest BCUT2D eigenvalue weighted by Gasteiger charge is -2.11. The summed E-state index contributed by atoms with van der Waals surface area (Å²) in [6.07, 6.45) is 0.785. The summed E-state index contributed by atoms with van der Waals surface area (Å²) in [5.74, 6) is 2.47. The minimum Gasteiger partial charge on any atom is -0.370 e. The molecule has 0 spiro atoms. The standard InChI is InChI=1S/C17H21BrN6OS/c1-10(2)8-24-16(6-5-14(19)25)22-23-17(24)26-9-15-20-12-4-3-11(18)7-13(12)21-15/h3-4,7,10H,5-6,8-9H2,1-2H3,(H2,19,25)(H,20,21). The van der Waals surface area contributed by atoms with Gasteiger partial charge in [0.15, 0.2) is 5.16 Å². The van der Waals surface area contributed by atoms with Crippen molar-refractivity contribution in [1.82, 2.24) is 24.7 Å². The number of hydrogen-bond acceptors (Lipinski definition) is 5. The highest BCUT2D eigenvalue weighted by atomic mass is 79.9. The van der Waals surface area contributed by atoms with E-state index in [4.69, 9.17) is 5.73 Å². The fourth-order valence-electron chi connectivity index (χ4n) is 2.63. The summed E-state index contributed by atoms with van der Waals surface area (Å²) in [6, 6.07) is 5.97. The molecule has 7 nitrogen and oxygen atoms in total. The van der Waals surface area contributed by atoms with E-state index >= 15 is 0 Å². The average Bonchev–Trinajstić information content (AvgIpc) is 3.13. The number of amides is 1. The van der Waals surface area contributed by atoms with Crippen molar-refractivity contribution in [2.45, 2.75) is 44.1 Å². The zero-order chi connectivity index (χ0) is 18.7. The summed E-state index contributed by atoms with van der Waals surface area (Å²) in [7, 11) is 0. The monoisotopic (exact) mass is 436 g/mol. The molecule has 0 aliphatic rings. The van der Waals surface area contributed by atoms with Crippen LogP contribution in [0.2, 0.25) is 0 Å². The van der Waals surface area contributed by atoms with Crippen LogP contribution in [0, 0.1) is 5.92 Å². The smallest absolute Gasteiger partial charge is 0.217 e. The third-order valence-electron chi connectivity index (χ3n) is 3.77. The van der Waals surface area contributed by atoms with Crippen molar-refractivity contribution >= 4 is 44.6 Å². The summed E-state index contributed by atoms with van der Waals surface area (Å²) in [5.41, 5.74) is 7.20. The van der Waals surface area contributed by atoms with E-state index in [0.717, 1.165) is 38.9 Å². The predicted molar refractivity (Wildman–Crippen MR) is 106 cm³/mol. The molecule has 1 aromatic carbocycles. The van der Waals surface area contributed by atoms with E-state index in [1.165, 1.54) is 0 Å². The van der Waals surface area contributed by atoms with E-state index in [-0.39, 0.29) is 12.3 Å². The van der Waals surface area contributed by atoms with Crippen molar-refractivity contribution in [2.75, 3.05) is 0 Å². The number of hydrogen-bond donors (Lipinski definition) is 2. The van der Waals surface area contributed by atoms with E-state index in [0.29, 0.717) is 18.1 Å². The molecule has 3 N–H and O–H groups in total. The zero-order valence-electron chi connectivity index (χ0n) is 14.7. The molecule has 0 unspecified atom stereocenters. The third kappa shape index (κ3) is 4.64. The molecule has 0 aliphatic heterocycles. The molecular weight excluding hydrogens is 416 g/mol. The van der Waals surface area contributed by atoms with Crippen LogP contribution in [0.15, 0.2) is 27.8 Å². The lowest BCUT2D eigenvalue weighted by molar-refractivity contribution is -0.118. The number of aromatic amines is 1. The van der Waals surface area contributed by atoms with E-state index in [2.05, 4.69) is 54.5 Å². The Balaban J connectivity index is 1.75. The first kappa shape index (κ1) is 18.9. The summed E-state index contributed by atoms with van der Waals surface area (Å²) in [6.45, 7) is 5.09. The van der Waals surface area contributed by atoms with Crippen LogP contribution in [0.3, 0.4) is 0 Å². The first-order chi connectivity index (χ1) is 12.4. The van der Waals surface area contributed by atoms with Gasteiger partial charge in [0.1, 0.15) is 11.6 Å². The molecule has 2 aromatic heterocycles. The first-order valence-electron chi connectivity index (χ1n) is 8.39. The normalized spacial score (nSPS) is 11.5. The van der Waals surface area contributed by atoms with Crippen LogP contribution >= 0.6 is 27.7 Å². The van der Waals surface area contributed by atoms with Gasteiger partial charge in [-0.05, 0) is 24.1 Å². The highest BCUT2D eigenvalue weighted by Crippen LogP contribution is 2.24. The maximum atomic E-state index is 11.1. The molecule has 0 fully saturated rings. The van der Waals surface area contributed by atoms with Gasteiger partial charge < -0.3 is 15.3 Å². The number of fused-ring (bicyclic) bond motifs is 1. The van der Waals surface area contributed by atoms with Crippen LogP contribution in [0.25, 0.3) is 11.0 Å². The lowest BCUT2D eigenvalue weighted by Crippen LogP contribution is -2.15. The van der Waals surface area contributed by atoms with Crippen molar-refractivity contribution in [3.8, 4) is 0 Å². The number of halogens is 1. The Labute approximate surface area is 164 Å². The molecule has 0 radical (unpaired) electrons. The van der Waals surface area contributed by atoms with Gasteiger partial charge in [-0.15, -0.1) is 10.2 Å². The lowest BCUT2D eigenvalue weighted by atomic mass is 10.2. The number of primary amides is 1. The SMILES string of the molecule is CC(C)Cn1c(CCC(N)=O)nnc1SCc1nc2ccc(Br)cc2[nH]1. The van der Waals surface area contributed by atoms with Gasteiger partial charge in [0, 0.05) is 23.9 Å². The van der Waals surface area contributed by atoms with Crippen molar-refractivity contribution in [3.05, 3.63) is 34.3 Å². The second-order valence-electron chi connectivity index (χ2n) is 6.50. The number of nitrogens with two attached hydrogens (primary N) is 1. The van der Waals surface area contributed by atoms with Crippen LogP contribution in [-0.2, 0) is 23.5 Å². The van der Waals surface area contributed by atoms with Gasteiger partial charge in [0.05, 0.1) is 16.8 Å². The molecule has 0 atom stereocenters. The number of aryl methyl sites for hydroxylation is 1. The fraction of sp³-hybridized carbons (Fsp3) is 0.412. The predicted octanol–water partition coefficient (Wildman–Crippen LogP) is 3.28. The number of aromatic nitrogens is 5. The molecule has 2 heterocycles. The number of nitrogens with one attached hydrogen (secondary N) is 1. The van der Waals surface area contributed by atoms with E-state index in [9.17, 15) is 4.79 Å². The van der Waals surface area contributed by atoms with Crippen molar-refractivity contribution < 1.29 is 4.79 Å². The van der Waals surface area contributed by atoms with Crippen molar-refractivity contribution in [3.63, 3.8) is 0 Å². The largest absolute Gasteiger partial charge is 0.370 e. The number of thioether (sulfide) groups is 1. The summed E-state index contributed by atoms with van der Waals surface area (Å²) >= 11 is 5.05. The van der Waals surface area contributed by atoms with E-state index in [1.807, 2.05) is 18.2 Å². The number of carbonyl (C=O) groups excluding carboxylic acids is 1. The number of benzene rings is 1. The number of imidazole rings is 1. The summed E-state index contributed by atoms with van der Waals surface area (Å²) < 4.78 is 3.10. The Morgan fingerprint density at radius 2 is 2.19 bits per heavy atom. The number of nitrogens with zero attached hydrogens (tertiary/aromatic N) is 4. The molecule has 0 saturated heterocycles. The van der Waals surface area contributed by atoms with Gasteiger partial charge in [0.2, 0.25) is 5.91 Å². The van der Waals surface area contributed by atoms with Gasteiger partial charge in [-0.1, -0.05) is 41.5 Å². The van der Waals surface area contributed by atoms with Crippen LogP contribution < -0.4 is 5.73 Å². The fourth-order valence-corrected chi connectivity index (χ4v) is 3.83. The molecular formula is C17H21BrN6OS. The van der Waals surface area contributed by atoms with E-state index < -0.39 is 0 Å². The maximum absolute atomic E-state index is 11.1. The second kappa shape index (κ2) is 8.22. The highest BCUT2D eigenvalue weighted by Gasteiger charge is 2.15. The van der Waals surface area contributed by atoms with Crippen molar-refractivity contribution in [1.29, 1.82) is 0 Å². The maximum Gasteiger partial charge on any atom is 0.217 e. The molecule has 0 saturated carbocycles. The second-order valence-corrected chi connectivity index (χ2v) is 8.36. The third-order valence-corrected chi connectivity index (χ3v) is 5.24. The molecule has 0 aliphatic carbocycles. The highest BCUT2D eigenvalue weighted by molar-refractivity contribution is 9.10. The van der Waals surface area contributed by atoms with Crippen LogP contribution in [-0.4, -0.2) is 30.6 Å². The molecule has 26 heavy (non-hydrogen) atoms. The summed E-state index contributed by atoms with van der Waals surface area (Å²) in [4.78, 5) is 19.0. The quantitative estimate of drug-likeness (QED) is 0.527. The Morgan fingerprint density at radius 1 is 1.38 bits per heavy atom. The Kier molecular flexibility index (Phi) is 5.98. The van der Waals surface area contributed by atoms with Crippen LogP contribution in [0.4, 0.5) is 0 Å². The molecule has 0 bridgehead atoms. The molecule has 3 rings (SSSR count). The number of H-pyrrole nitrogens is 1. The van der Waals surface area contributed by atoms with Gasteiger partial charge in [-0.3, -0.25) is 4.79 Å². The number of carbonyl (C=O) groups is 1. The van der Waals surface area contributed by atoms with Crippen molar-refractivity contribution in [2.24, 2.45) is 11.7 Å². The average molecular weight is 437 g/mol. The first-order valence-corrected chi connectivity index (χ1v) is 10.2. The molecule has 3 aromatic rings. The van der Waals surface area contributed by atoms with Gasteiger partial charge in [-0.25, -0.2) is 4.98 Å². The topological polar surface area (TPSA) is 102 Å². The Bertz CT molecular complexity index is 919. The van der Waals surface area contributed by atoms with Gasteiger partial charge >= 0.3 is 0 Å². The molecule has 9 heteroatoms. The van der Waals surface area contributed by atoms with E-state index in [1.54, 1.807) is 11.8 Å². The van der Waals surface area contributed by atoms with Crippen LogP contribution in [0.5, 0.6) is 0 Å². The Morgan fingerprint density at radius 3 is 2.92 bits per heavy atom. The summed E-state index contributed by atoms with van der Waals surface area (Å²) in [5, 5.41) is 9.39. The molecule has 138 valence electrons. The van der Waals surface area contributed by atoms with Crippen LogP contribution in [0.1, 0.15) is 31.9 Å².